The van der Waals surface area contributed by atoms with Crippen LogP contribution in [-0.4, -0.2) is 5.84 Å². The van der Waals surface area contributed by atoms with Gasteiger partial charge in [-0.1, -0.05) is 19.1 Å². The number of amidine groups is 1. The van der Waals surface area contributed by atoms with Gasteiger partial charge in [-0.25, -0.2) is 0 Å². The van der Waals surface area contributed by atoms with Gasteiger partial charge in [-0.05, 0) is 25.5 Å². The average Bonchev–Trinajstić information content (AvgIpc) is 2.10. The Kier molecular flexibility index (Phi) is 6.32. The van der Waals surface area contributed by atoms with Crippen LogP contribution in [0.25, 0.3) is 0 Å². The molecule has 0 atom stereocenters. The molecule has 0 aliphatic rings. The van der Waals surface area contributed by atoms with Gasteiger partial charge in [0.05, 0.1) is 0 Å². The highest BCUT2D eigenvalue weighted by atomic mass is 14.8. The van der Waals surface area contributed by atoms with E-state index in [1.807, 2.05) is 25.2 Å². The van der Waals surface area contributed by atoms with E-state index in [0.29, 0.717) is 0 Å². The van der Waals surface area contributed by atoms with Crippen LogP contribution in [0.15, 0.2) is 36.2 Å². The van der Waals surface area contributed by atoms with Crippen molar-refractivity contribution in [3.05, 3.63) is 36.2 Å². The molecule has 0 amide bonds. The topological polar surface area (TPSA) is 61.9 Å². The molecule has 4 N–H and O–H groups in total. The molecule has 72 valence electrons. The third kappa shape index (κ3) is 6.87. The zero-order valence-electron chi connectivity index (χ0n) is 8.17. The Morgan fingerprint density at radius 1 is 1.54 bits per heavy atom. The van der Waals surface area contributed by atoms with Gasteiger partial charge >= 0.3 is 0 Å². The number of allylic oxidation sites excluding steroid dienone is 4. The van der Waals surface area contributed by atoms with E-state index in [1.54, 1.807) is 6.20 Å². The first-order valence-electron chi connectivity index (χ1n) is 4.29. The van der Waals surface area contributed by atoms with Gasteiger partial charge in [0.1, 0.15) is 5.84 Å². The predicted octanol–water partition coefficient (Wildman–Crippen LogP) is 1.90. The fourth-order valence-corrected chi connectivity index (χ4v) is 0.719. The van der Waals surface area contributed by atoms with Gasteiger partial charge in [0, 0.05) is 11.9 Å². The summed E-state index contributed by atoms with van der Waals surface area (Å²) in [7, 11) is 0. The molecule has 0 bridgehead atoms. The summed E-state index contributed by atoms with van der Waals surface area (Å²) in [6.45, 7) is 4.03. The van der Waals surface area contributed by atoms with E-state index < -0.39 is 0 Å². The van der Waals surface area contributed by atoms with Gasteiger partial charge < -0.3 is 11.1 Å². The first-order valence-corrected chi connectivity index (χ1v) is 4.29. The third-order valence-corrected chi connectivity index (χ3v) is 1.40. The smallest absolute Gasteiger partial charge is 0.116 e. The lowest BCUT2D eigenvalue weighted by Crippen LogP contribution is -2.09. The maximum Gasteiger partial charge on any atom is 0.116 e. The highest BCUT2D eigenvalue weighted by molar-refractivity contribution is 5.88. The summed E-state index contributed by atoms with van der Waals surface area (Å²) < 4.78 is 0. The zero-order chi connectivity index (χ0) is 10.1. The van der Waals surface area contributed by atoms with Gasteiger partial charge in [-0.2, -0.15) is 0 Å². The van der Waals surface area contributed by atoms with Crippen LogP contribution in [0.4, 0.5) is 0 Å². The fraction of sp³-hybridized carbons (Fsp3) is 0.300. The van der Waals surface area contributed by atoms with E-state index in [2.05, 4.69) is 12.2 Å². The third-order valence-electron chi connectivity index (χ3n) is 1.40. The fourth-order valence-electron chi connectivity index (χ4n) is 0.719. The average molecular weight is 179 g/mol. The highest BCUT2D eigenvalue weighted by Gasteiger charge is 1.86. The van der Waals surface area contributed by atoms with E-state index in [-0.39, 0.29) is 5.84 Å². The monoisotopic (exact) mass is 179 g/mol. The van der Waals surface area contributed by atoms with Crippen molar-refractivity contribution in [2.45, 2.75) is 20.3 Å². The molecule has 0 heterocycles. The number of nitrogens with two attached hydrogens (primary N) is 1. The van der Waals surface area contributed by atoms with Crippen molar-refractivity contribution in [3.8, 4) is 0 Å². The Morgan fingerprint density at radius 2 is 2.23 bits per heavy atom. The molecule has 0 spiro atoms. The summed E-state index contributed by atoms with van der Waals surface area (Å²) >= 11 is 0. The molecule has 0 saturated carbocycles. The van der Waals surface area contributed by atoms with Crippen LogP contribution in [0, 0.1) is 5.41 Å². The number of hydrogen-bond acceptors (Lipinski definition) is 2. The first kappa shape index (κ1) is 11.5. The molecule has 3 nitrogen and oxygen atoms in total. The van der Waals surface area contributed by atoms with E-state index in [9.17, 15) is 0 Å². The Morgan fingerprint density at radius 3 is 2.69 bits per heavy atom. The maximum atomic E-state index is 6.95. The molecule has 0 radical (unpaired) electrons. The molecule has 0 unspecified atom stereocenters. The molecular weight excluding hydrogens is 162 g/mol. The SMILES string of the molecule is C/C=C\C=C(/CC)N/C=C\C(=N)N. The summed E-state index contributed by atoms with van der Waals surface area (Å²) in [5.41, 5.74) is 6.24. The van der Waals surface area contributed by atoms with Gasteiger partial charge in [0.2, 0.25) is 0 Å². The van der Waals surface area contributed by atoms with Crippen molar-refractivity contribution in [3.63, 3.8) is 0 Å². The molecule has 0 aromatic rings. The van der Waals surface area contributed by atoms with Crippen LogP contribution >= 0.6 is 0 Å². The maximum absolute atomic E-state index is 6.95. The van der Waals surface area contributed by atoms with Crippen molar-refractivity contribution in [1.82, 2.24) is 5.32 Å². The lowest BCUT2D eigenvalue weighted by molar-refractivity contribution is 0.944. The second kappa shape index (κ2) is 7.16. The summed E-state index contributed by atoms with van der Waals surface area (Å²) in [6, 6.07) is 0. The van der Waals surface area contributed by atoms with Crippen molar-refractivity contribution >= 4 is 5.84 Å². The van der Waals surface area contributed by atoms with Gasteiger partial charge in [-0.3, -0.25) is 5.41 Å². The van der Waals surface area contributed by atoms with Crippen molar-refractivity contribution in [1.29, 1.82) is 5.41 Å². The Bertz CT molecular complexity index is 237. The first-order chi connectivity index (χ1) is 6.20. The van der Waals surface area contributed by atoms with E-state index in [4.69, 9.17) is 11.1 Å². The second-order valence-corrected chi connectivity index (χ2v) is 2.50. The minimum absolute atomic E-state index is 0.0500. The van der Waals surface area contributed by atoms with Crippen molar-refractivity contribution in [2.75, 3.05) is 0 Å². The van der Waals surface area contributed by atoms with Crippen LogP contribution in [0.2, 0.25) is 0 Å². The van der Waals surface area contributed by atoms with E-state index in [0.717, 1.165) is 12.1 Å². The number of nitrogens with one attached hydrogen (secondary N) is 2. The summed E-state index contributed by atoms with van der Waals surface area (Å²) in [4.78, 5) is 0. The quantitative estimate of drug-likeness (QED) is 0.343. The van der Waals surface area contributed by atoms with E-state index in [1.165, 1.54) is 6.08 Å². The molecule has 0 aliphatic heterocycles. The zero-order valence-corrected chi connectivity index (χ0v) is 8.17. The molecule has 0 aromatic carbocycles. The molecule has 0 aliphatic carbocycles. The molecule has 0 rings (SSSR count). The Labute approximate surface area is 79.5 Å². The molecule has 0 saturated heterocycles. The minimum atomic E-state index is 0.0500. The van der Waals surface area contributed by atoms with E-state index >= 15 is 0 Å². The molecule has 0 fully saturated rings. The van der Waals surface area contributed by atoms with Crippen LogP contribution in [0.1, 0.15) is 20.3 Å². The van der Waals surface area contributed by atoms with Crippen LogP contribution in [0.3, 0.4) is 0 Å². The molecule has 13 heavy (non-hydrogen) atoms. The normalized spacial score (nSPS) is 12.6. The highest BCUT2D eigenvalue weighted by Crippen LogP contribution is 1.95. The van der Waals surface area contributed by atoms with Gasteiger partial charge in [0.25, 0.3) is 0 Å². The number of rotatable bonds is 5. The standard InChI is InChI=1S/C10H17N3/c1-3-5-6-9(4-2)13-8-7-10(11)12/h3,5-8,13H,4H2,1-2H3,(H3,11,12)/b5-3-,8-7-,9-6+. The van der Waals surface area contributed by atoms with Gasteiger partial charge in [-0.15, -0.1) is 0 Å². The summed E-state index contributed by atoms with van der Waals surface area (Å²) in [5.74, 6) is 0.0500. The largest absolute Gasteiger partial charge is 0.384 e. The Balaban J connectivity index is 4.06. The Hall–Kier alpha value is -1.51. The molecular formula is C10H17N3. The summed E-state index contributed by atoms with van der Waals surface area (Å²) in [6.07, 6.45) is 10.0. The minimum Gasteiger partial charge on any atom is -0.384 e. The van der Waals surface area contributed by atoms with Crippen LogP contribution in [-0.2, 0) is 0 Å². The van der Waals surface area contributed by atoms with Crippen molar-refractivity contribution in [2.24, 2.45) is 5.73 Å². The van der Waals surface area contributed by atoms with Crippen LogP contribution < -0.4 is 11.1 Å². The van der Waals surface area contributed by atoms with Crippen LogP contribution in [0.5, 0.6) is 0 Å². The van der Waals surface area contributed by atoms with Crippen molar-refractivity contribution < 1.29 is 0 Å². The number of hydrogen-bond donors (Lipinski definition) is 3. The lowest BCUT2D eigenvalue weighted by Gasteiger charge is -2.01. The van der Waals surface area contributed by atoms with Gasteiger partial charge in [0.15, 0.2) is 0 Å². The molecule has 3 heteroatoms. The summed E-state index contributed by atoms with van der Waals surface area (Å²) in [5, 5.41) is 10.00. The molecule has 0 aromatic heterocycles. The predicted molar refractivity (Wildman–Crippen MR) is 57.4 cm³/mol. The lowest BCUT2D eigenvalue weighted by atomic mass is 10.3. The second-order valence-electron chi connectivity index (χ2n) is 2.50.